The average molecular weight is 446 g/mol. The lowest BCUT2D eigenvalue weighted by Crippen LogP contribution is -2.20. The molecular formula is C22H24ClN3O5. The molecule has 0 saturated heterocycles. The minimum atomic E-state index is -0.438. The molecule has 2 aromatic rings. The van der Waals surface area contributed by atoms with Crippen molar-refractivity contribution >= 4 is 41.3 Å². The number of ether oxygens (including phenoxy) is 2. The van der Waals surface area contributed by atoms with Crippen LogP contribution in [0.5, 0.6) is 5.75 Å². The Morgan fingerprint density at radius 1 is 1.06 bits per heavy atom. The van der Waals surface area contributed by atoms with Gasteiger partial charge < -0.3 is 14.8 Å². The van der Waals surface area contributed by atoms with E-state index in [1.165, 1.54) is 6.21 Å². The number of aryl methyl sites for hydroxylation is 1. The summed E-state index contributed by atoms with van der Waals surface area (Å²) in [6.45, 7) is 3.73. The average Bonchev–Trinajstić information content (AvgIpc) is 2.74. The Bertz CT molecular complexity index is 945. The number of esters is 1. The molecule has 0 aliphatic rings. The molecule has 2 aromatic carbocycles. The normalized spacial score (nSPS) is 10.5. The van der Waals surface area contributed by atoms with Gasteiger partial charge in [-0.15, -0.1) is 0 Å². The van der Waals surface area contributed by atoms with Gasteiger partial charge in [-0.2, -0.15) is 5.10 Å². The minimum absolute atomic E-state index is 0.0105. The summed E-state index contributed by atoms with van der Waals surface area (Å²) in [7, 11) is 0. The highest BCUT2D eigenvalue weighted by Crippen LogP contribution is 2.20. The first kappa shape index (κ1) is 23.9. The number of benzene rings is 2. The molecule has 2 N–H and O–H groups in total. The van der Waals surface area contributed by atoms with Gasteiger partial charge >= 0.3 is 5.97 Å². The zero-order valence-electron chi connectivity index (χ0n) is 17.3. The van der Waals surface area contributed by atoms with E-state index in [2.05, 4.69) is 15.8 Å². The van der Waals surface area contributed by atoms with Gasteiger partial charge in [0, 0.05) is 23.6 Å². The maximum atomic E-state index is 12.0. The van der Waals surface area contributed by atoms with Crippen molar-refractivity contribution in [3.8, 4) is 5.75 Å². The van der Waals surface area contributed by atoms with E-state index in [1.807, 2.05) is 6.92 Å². The minimum Gasteiger partial charge on any atom is -0.482 e. The van der Waals surface area contributed by atoms with Crippen molar-refractivity contribution in [1.82, 2.24) is 5.43 Å². The number of nitrogens with zero attached hydrogens (tertiary/aromatic N) is 1. The summed E-state index contributed by atoms with van der Waals surface area (Å²) < 4.78 is 10.1. The maximum absolute atomic E-state index is 12.0. The number of carbonyl (C=O) groups excluding carboxylic acids is 3. The molecule has 8 nitrogen and oxygen atoms in total. The number of rotatable bonds is 10. The predicted molar refractivity (Wildman–Crippen MR) is 118 cm³/mol. The summed E-state index contributed by atoms with van der Waals surface area (Å²) >= 11 is 6.02. The van der Waals surface area contributed by atoms with E-state index in [1.54, 1.807) is 49.4 Å². The molecule has 0 radical (unpaired) electrons. The van der Waals surface area contributed by atoms with Crippen molar-refractivity contribution < 1.29 is 23.9 Å². The van der Waals surface area contributed by atoms with Crippen molar-refractivity contribution in [3.63, 3.8) is 0 Å². The Morgan fingerprint density at radius 3 is 2.45 bits per heavy atom. The third-order valence-electron chi connectivity index (χ3n) is 3.98. The van der Waals surface area contributed by atoms with Gasteiger partial charge in [0.25, 0.3) is 0 Å². The second kappa shape index (κ2) is 12.3. The zero-order chi connectivity index (χ0) is 22.6. The SMILES string of the molecule is CCOC(=O)COc1ccc(C=NNC(=O)CCC(=O)Nc2ccc(C)c(Cl)c2)cc1. The van der Waals surface area contributed by atoms with Gasteiger partial charge in [0.1, 0.15) is 5.75 Å². The number of hydrogen-bond donors (Lipinski definition) is 2. The van der Waals surface area contributed by atoms with Crippen LogP contribution in [0.25, 0.3) is 0 Å². The molecule has 0 unspecified atom stereocenters. The van der Waals surface area contributed by atoms with Crippen molar-refractivity contribution in [2.45, 2.75) is 26.7 Å². The molecule has 0 spiro atoms. The van der Waals surface area contributed by atoms with Crippen LogP contribution in [0.1, 0.15) is 30.9 Å². The van der Waals surface area contributed by atoms with Gasteiger partial charge in [-0.25, -0.2) is 10.2 Å². The number of hydrazone groups is 1. The molecule has 0 aromatic heterocycles. The van der Waals surface area contributed by atoms with Gasteiger partial charge in [-0.3, -0.25) is 9.59 Å². The third kappa shape index (κ3) is 8.88. The van der Waals surface area contributed by atoms with Crippen LogP contribution >= 0.6 is 11.6 Å². The van der Waals surface area contributed by atoms with Gasteiger partial charge in [0.05, 0.1) is 12.8 Å². The van der Waals surface area contributed by atoms with E-state index < -0.39 is 5.97 Å². The Morgan fingerprint density at radius 2 is 1.77 bits per heavy atom. The van der Waals surface area contributed by atoms with Gasteiger partial charge in [0.15, 0.2) is 6.61 Å². The van der Waals surface area contributed by atoms with Crippen LogP contribution in [0, 0.1) is 6.92 Å². The fourth-order valence-corrected chi connectivity index (χ4v) is 2.53. The number of halogens is 1. The van der Waals surface area contributed by atoms with Gasteiger partial charge in [-0.1, -0.05) is 17.7 Å². The monoisotopic (exact) mass is 445 g/mol. The quantitative estimate of drug-likeness (QED) is 0.331. The third-order valence-corrected chi connectivity index (χ3v) is 4.39. The van der Waals surface area contributed by atoms with E-state index in [-0.39, 0.29) is 31.3 Å². The van der Waals surface area contributed by atoms with Crippen LogP contribution in [0.15, 0.2) is 47.6 Å². The Kier molecular flexibility index (Phi) is 9.51. The maximum Gasteiger partial charge on any atom is 0.344 e. The summed E-state index contributed by atoms with van der Waals surface area (Å²) in [5.41, 5.74) is 4.58. The number of anilines is 1. The van der Waals surface area contributed by atoms with Crippen molar-refractivity contribution in [1.29, 1.82) is 0 Å². The Labute approximate surface area is 185 Å². The summed E-state index contributed by atoms with van der Waals surface area (Å²) in [5.74, 6) is -0.609. The number of nitrogens with one attached hydrogen (secondary N) is 2. The van der Waals surface area contributed by atoms with Gasteiger partial charge in [-0.05, 0) is 61.4 Å². The molecule has 0 heterocycles. The van der Waals surface area contributed by atoms with Crippen LogP contribution in [-0.4, -0.2) is 37.2 Å². The topological polar surface area (TPSA) is 106 Å². The molecule has 164 valence electrons. The van der Waals surface area contributed by atoms with Crippen molar-refractivity contribution in [2.75, 3.05) is 18.5 Å². The molecular weight excluding hydrogens is 422 g/mol. The van der Waals surface area contributed by atoms with Crippen LogP contribution in [0.3, 0.4) is 0 Å². The number of hydrogen-bond acceptors (Lipinski definition) is 6. The highest BCUT2D eigenvalue weighted by Gasteiger charge is 2.08. The van der Waals surface area contributed by atoms with E-state index in [4.69, 9.17) is 21.1 Å². The molecule has 0 aliphatic carbocycles. The van der Waals surface area contributed by atoms with Crippen LogP contribution in [0.2, 0.25) is 5.02 Å². The highest BCUT2D eigenvalue weighted by molar-refractivity contribution is 6.31. The molecule has 9 heteroatoms. The standard InChI is InChI=1S/C22H24ClN3O5/c1-3-30-22(29)14-31-18-8-5-16(6-9-18)13-24-26-21(28)11-10-20(27)25-17-7-4-15(2)19(23)12-17/h4-9,12-13H,3,10-11,14H2,1-2H3,(H,25,27)(H,26,28). The summed E-state index contributed by atoms with van der Waals surface area (Å²) in [6.07, 6.45) is 1.46. The number of carbonyl (C=O) groups is 3. The van der Waals surface area contributed by atoms with E-state index >= 15 is 0 Å². The molecule has 0 saturated carbocycles. The fraction of sp³-hybridized carbons (Fsp3) is 0.273. The van der Waals surface area contributed by atoms with Crippen LogP contribution in [0.4, 0.5) is 5.69 Å². The molecule has 2 amide bonds. The molecule has 31 heavy (non-hydrogen) atoms. The first-order valence-corrected chi connectivity index (χ1v) is 10.0. The van der Waals surface area contributed by atoms with Crippen molar-refractivity contribution in [3.05, 3.63) is 58.6 Å². The molecule has 0 bridgehead atoms. The smallest absolute Gasteiger partial charge is 0.344 e. The predicted octanol–water partition coefficient (Wildman–Crippen LogP) is 3.46. The summed E-state index contributed by atoms with van der Waals surface area (Å²) in [5, 5.41) is 7.12. The van der Waals surface area contributed by atoms with Crippen LogP contribution in [-0.2, 0) is 19.1 Å². The Hall–Kier alpha value is -3.39. The first-order valence-electron chi connectivity index (χ1n) is 9.63. The zero-order valence-corrected chi connectivity index (χ0v) is 18.1. The number of amides is 2. The van der Waals surface area contributed by atoms with E-state index in [0.29, 0.717) is 23.1 Å². The lowest BCUT2D eigenvalue weighted by atomic mass is 10.2. The largest absolute Gasteiger partial charge is 0.482 e. The molecule has 0 atom stereocenters. The molecule has 0 fully saturated rings. The van der Waals surface area contributed by atoms with Crippen LogP contribution < -0.4 is 15.5 Å². The summed E-state index contributed by atoms with van der Waals surface area (Å²) in [4.78, 5) is 35.1. The first-order chi connectivity index (χ1) is 14.9. The second-order valence-electron chi connectivity index (χ2n) is 6.47. The van der Waals surface area contributed by atoms with E-state index in [0.717, 1.165) is 11.1 Å². The lowest BCUT2D eigenvalue weighted by Gasteiger charge is -2.06. The van der Waals surface area contributed by atoms with Crippen molar-refractivity contribution in [2.24, 2.45) is 5.10 Å². The lowest BCUT2D eigenvalue weighted by molar-refractivity contribution is -0.145. The summed E-state index contributed by atoms with van der Waals surface area (Å²) in [6, 6.07) is 12.0. The molecule has 0 aliphatic heterocycles. The van der Waals surface area contributed by atoms with E-state index in [9.17, 15) is 14.4 Å². The molecule has 2 rings (SSSR count). The second-order valence-corrected chi connectivity index (χ2v) is 6.88. The Balaban J connectivity index is 1.70. The highest BCUT2D eigenvalue weighted by atomic mass is 35.5. The fourth-order valence-electron chi connectivity index (χ4n) is 2.35. The van der Waals surface area contributed by atoms with Gasteiger partial charge in [0.2, 0.25) is 11.8 Å².